The molecule has 0 radical (unpaired) electrons. The smallest absolute Gasteiger partial charge is 0.252 e. The number of hydrogen-bond donors (Lipinski definition) is 1. The van der Waals surface area contributed by atoms with E-state index < -0.39 is 0 Å². The number of benzene rings is 2. The van der Waals surface area contributed by atoms with Crippen molar-refractivity contribution in [1.29, 1.82) is 0 Å². The van der Waals surface area contributed by atoms with Crippen LogP contribution in [0.3, 0.4) is 0 Å². The minimum atomic E-state index is -0.0180. The van der Waals surface area contributed by atoms with Crippen molar-refractivity contribution in [2.45, 2.75) is 20.4 Å². The van der Waals surface area contributed by atoms with E-state index in [0.717, 1.165) is 26.7 Å². The molecule has 2 aromatic carbocycles. The lowest BCUT2D eigenvalue weighted by atomic mass is 10.0. The Morgan fingerprint density at radius 3 is 2.37 bits per heavy atom. The molecule has 0 aromatic heterocycles. The SMILES string of the molecule is Cc1cccc(C)c1C(=O)NCc1cccc(Br)c1. The fourth-order valence-corrected chi connectivity index (χ4v) is 2.54. The van der Waals surface area contributed by atoms with Gasteiger partial charge in [-0.1, -0.05) is 46.3 Å². The molecule has 0 fully saturated rings. The molecule has 98 valence electrons. The highest BCUT2D eigenvalue weighted by molar-refractivity contribution is 9.10. The van der Waals surface area contributed by atoms with Crippen LogP contribution in [0.15, 0.2) is 46.9 Å². The minimum absolute atomic E-state index is 0.0180. The standard InChI is InChI=1S/C16H16BrNO/c1-11-5-3-6-12(2)15(11)16(19)18-10-13-7-4-8-14(17)9-13/h3-9H,10H2,1-2H3,(H,18,19). The molecule has 0 aliphatic carbocycles. The van der Waals surface area contributed by atoms with Crippen molar-refractivity contribution in [2.75, 3.05) is 0 Å². The summed E-state index contributed by atoms with van der Waals surface area (Å²) in [5, 5.41) is 2.96. The average molecular weight is 318 g/mol. The van der Waals surface area contributed by atoms with Gasteiger partial charge in [0.25, 0.3) is 5.91 Å². The predicted molar refractivity (Wildman–Crippen MR) is 81.2 cm³/mol. The maximum atomic E-state index is 12.2. The number of aryl methyl sites for hydroxylation is 2. The third-order valence-corrected chi connectivity index (χ3v) is 3.54. The Morgan fingerprint density at radius 1 is 1.11 bits per heavy atom. The Balaban J connectivity index is 2.10. The van der Waals surface area contributed by atoms with Crippen LogP contribution in [0.5, 0.6) is 0 Å². The number of halogens is 1. The Bertz CT molecular complexity index is 587. The zero-order chi connectivity index (χ0) is 13.8. The maximum absolute atomic E-state index is 12.2. The molecule has 0 heterocycles. The maximum Gasteiger partial charge on any atom is 0.252 e. The second-order valence-corrected chi connectivity index (χ2v) is 5.50. The lowest BCUT2D eigenvalue weighted by Crippen LogP contribution is -2.24. The Kier molecular flexibility index (Phi) is 4.38. The third-order valence-electron chi connectivity index (χ3n) is 3.05. The van der Waals surface area contributed by atoms with E-state index in [0.29, 0.717) is 6.54 Å². The van der Waals surface area contributed by atoms with Crippen LogP contribution in [0.1, 0.15) is 27.0 Å². The van der Waals surface area contributed by atoms with Gasteiger partial charge in [-0.3, -0.25) is 4.79 Å². The van der Waals surface area contributed by atoms with Gasteiger partial charge in [0.1, 0.15) is 0 Å². The van der Waals surface area contributed by atoms with Gasteiger partial charge in [-0.05, 0) is 42.7 Å². The summed E-state index contributed by atoms with van der Waals surface area (Å²) in [4.78, 5) is 12.2. The predicted octanol–water partition coefficient (Wildman–Crippen LogP) is 4.00. The van der Waals surface area contributed by atoms with Crippen molar-refractivity contribution < 1.29 is 4.79 Å². The topological polar surface area (TPSA) is 29.1 Å². The molecule has 0 spiro atoms. The molecule has 0 aliphatic rings. The highest BCUT2D eigenvalue weighted by Crippen LogP contribution is 2.14. The minimum Gasteiger partial charge on any atom is -0.348 e. The largest absolute Gasteiger partial charge is 0.348 e. The molecule has 2 rings (SSSR count). The van der Waals surface area contributed by atoms with Gasteiger partial charge in [-0.2, -0.15) is 0 Å². The van der Waals surface area contributed by atoms with E-state index in [-0.39, 0.29) is 5.91 Å². The molecule has 1 amide bonds. The molecule has 0 saturated heterocycles. The van der Waals surface area contributed by atoms with Crippen LogP contribution in [-0.4, -0.2) is 5.91 Å². The first kappa shape index (κ1) is 13.8. The summed E-state index contributed by atoms with van der Waals surface area (Å²) in [5.74, 6) is -0.0180. The van der Waals surface area contributed by atoms with Crippen LogP contribution in [0, 0.1) is 13.8 Å². The van der Waals surface area contributed by atoms with Crippen LogP contribution in [-0.2, 0) is 6.54 Å². The van der Waals surface area contributed by atoms with Crippen LogP contribution >= 0.6 is 15.9 Å². The Labute approximate surface area is 122 Å². The molecule has 2 nitrogen and oxygen atoms in total. The Hall–Kier alpha value is -1.61. The zero-order valence-corrected chi connectivity index (χ0v) is 12.6. The van der Waals surface area contributed by atoms with E-state index in [1.54, 1.807) is 0 Å². The summed E-state index contributed by atoms with van der Waals surface area (Å²) in [5.41, 5.74) is 3.87. The first-order valence-electron chi connectivity index (χ1n) is 6.17. The van der Waals surface area contributed by atoms with Gasteiger partial charge in [0.15, 0.2) is 0 Å². The highest BCUT2D eigenvalue weighted by atomic mass is 79.9. The van der Waals surface area contributed by atoms with Gasteiger partial charge in [0.05, 0.1) is 0 Å². The third kappa shape index (κ3) is 3.44. The van der Waals surface area contributed by atoms with E-state index in [9.17, 15) is 4.79 Å². The summed E-state index contributed by atoms with van der Waals surface area (Å²) in [6.07, 6.45) is 0. The van der Waals surface area contributed by atoms with Gasteiger partial charge in [-0.15, -0.1) is 0 Å². The quantitative estimate of drug-likeness (QED) is 0.911. The van der Waals surface area contributed by atoms with Crippen molar-refractivity contribution in [3.63, 3.8) is 0 Å². The molecule has 1 N–H and O–H groups in total. The number of amides is 1. The summed E-state index contributed by atoms with van der Waals surface area (Å²) in [7, 11) is 0. The first-order chi connectivity index (χ1) is 9.08. The summed E-state index contributed by atoms with van der Waals surface area (Å²) < 4.78 is 1.02. The lowest BCUT2D eigenvalue weighted by molar-refractivity contribution is 0.0949. The molecular weight excluding hydrogens is 302 g/mol. The fraction of sp³-hybridized carbons (Fsp3) is 0.188. The first-order valence-corrected chi connectivity index (χ1v) is 6.96. The number of nitrogens with one attached hydrogen (secondary N) is 1. The lowest BCUT2D eigenvalue weighted by Gasteiger charge is -2.10. The average Bonchev–Trinajstić information content (AvgIpc) is 2.36. The summed E-state index contributed by atoms with van der Waals surface area (Å²) >= 11 is 3.42. The molecule has 0 aliphatic heterocycles. The van der Waals surface area contributed by atoms with Crippen LogP contribution in [0.25, 0.3) is 0 Å². The van der Waals surface area contributed by atoms with Gasteiger partial charge in [-0.25, -0.2) is 0 Å². The van der Waals surface area contributed by atoms with E-state index in [2.05, 4.69) is 21.2 Å². The molecule has 3 heteroatoms. The molecule has 0 bridgehead atoms. The molecular formula is C16H16BrNO. The second-order valence-electron chi connectivity index (χ2n) is 4.58. The number of carbonyl (C=O) groups excluding carboxylic acids is 1. The number of carbonyl (C=O) groups is 1. The van der Waals surface area contributed by atoms with Crippen molar-refractivity contribution >= 4 is 21.8 Å². The van der Waals surface area contributed by atoms with Crippen LogP contribution in [0.2, 0.25) is 0 Å². The van der Waals surface area contributed by atoms with Gasteiger partial charge < -0.3 is 5.32 Å². The molecule has 0 atom stereocenters. The molecule has 19 heavy (non-hydrogen) atoms. The zero-order valence-electron chi connectivity index (χ0n) is 11.0. The van der Waals surface area contributed by atoms with E-state index in [1.165, 1.54) is 0 Å². The van der Waals surface area contributed by atoms with Crippen LogP contribution < -0.4 is 5.32 Å². The van der Waals surface area contributed by atoms with Crippen molar-refractivity contribution in [3.05, 3.63) is 69.2 Å². The van der Waals surface area contributed by atoms with Crippen molar-refractivity contribution in [2.24, 2.45) is 0 Å². The fourth-order valence-electron chi connectivity index (χ4n) is 2.09. The summed E-state index contributed by atoms with van der Waals surface area (Å²) in [6, 6.07) is 13.8. The van der Waals surface area contributed by atoms with Gasteiger partial charge in [0, 0.05) is 16.6 Å². The second kappa shape index (κ2) is 6.02. The van der Waals surface area contributed by atoms with E-state index in [1.807, 2.05) is 56.3 Å². The highest BCUT2D eigenvalue weighted by Gasteiger charge is 2.11. The normalized spacial score (nSPS) is 10.3. The van der Waals surface area contributed by atoms with Gasteiger partial charge in [0.2, 0.25) is 0 Å². The van der Waals surface area contributed by atoms with Crippen molar-refractivity contribution in [1.82, 2.24) is 5.32 Å². The number of hydrogen-bond acceptors (Lipinski definition) is 1. The summed E-state index contributed by atoms with van der Waals surface area (Å²) in [6.45, 7) is 4.45. The molecule has 0 unspecified atom stereocenters. The Morgan fingerprint density at radius 2 is 1.74 bits per heavy atom. The molecule has 2 aromatic rings. The van der Waals surface area contributed by atoms with Crippen LogP contribution in [0.4, 0.5) is 0 Å². The number of rotatable bonds is 3. The van der Waals surface area contributed by atoms with Gasteiger partial charge >= 0.3 is 0 Å². The monoisotopic (exact) mass is 317 g/mol. The molecule has 0 saturated carbocycles. The van der Waals surface area contributed by atoms with Crippen molar-refractivity contribution in [3.8, 4) is 0 Å². The van der Waals surface area contributed by atoms with E-state index >= 15 is 0 Å². The van der Waals surface area contributed by atoms with E-state index in [4.69, 9.17) is 0 Å².